The molecule has 0 aromatic heterocycles. The fourth-order valence-electron chi connectivity index (χ4n) is 1.46. The lowest BCUT2D eigenvalue weighted by Gasteiger charge is -2.26. The van der Waals surface area contributed by atoms with Crippen LogP contribution in [0, 0.1) is 11.3 Å². The largest absolute Gasteiger partial charge is 0.480 e. The molecule has 0 fully saturated rings. The van der Waals surface area contributed by atoms with Gasteiger partial charge in [-0.15, -0.1) is 0 Å². The molecule has 0 spiro atoms. The minimum absolute atomic E-state index is 0.390. The number of nitrogens with zero attached hydrogens (tertiary/aromatic N) is 2. The highest BCUT2D eigenvalue weighted by Gasteiger charge is 2.22. The van der Waals surface area contributed by atoms with Crippen molar-refractivity contribution >= 4 is 5.97 Å². The molecule has 0 saturated heterocycles. The molecule has 0 heterocycles. The average Bonchev–Trinajstić information content (AvgIpc) is 2.17. The molecule has 14 heavy (non-hydrogen) atoms. The Morgan fingerprint density at radius 1 is 1.57 bits per heavy atom. The minimum atomic E-state index is -0.786. The van der Waals surface area contributed by atoms with Crippen LogP contribution in [0.25, 0.3) is 0 Å². The van der Waals surface area contributed by atoms with Crippen molar-refractivity contribution in [3.05, 3.63) is 0 Å². The van der Waals surface area contributed by atoms with Crippen molar-refractivity contribution in [3.8, 4) is 6.07 Å². The van der Waals surface area contributed by atoms with Crippen LogP contribution in [0.4, 0.5) is 0 Å². The topological polar surface area (TPSA) is 64.3 Å². The summed E-state index contributed by atoms with van der Waals surface area (Å²) in [6.45, 7) is 5.11. The molecule has 1 atom stereocenters. The standard InChI is InChI=1S/C10H18N2O2/c1-3-6-9(10(13)14)12(4-2)8-5-7-11/h9H,3-6,8H2,1-2H3,(H,13,14). The van der Waals surface area contributed by atoms with E-state index in [-0.39, 0.29) is 0 Å². The molecule has 1 unspecified atom stereocenters. The van der Waals surface area contributed by atoms with Gasteiger partial charge in [-0.2, -0.15) is 5.26 Å². The van der Waals surface area contributed by atoms with Crippen LogP contribution in [0.3, 0.4) is 0 Å². The van der Waals surface area contributed by atoms with Crippen molar-refractivity contribution in [2.45, 2.75) is 39.2 Å². The first-order chi connectivity index (χ1) is 6.67. The zero-order valence-electron chi connectivity index (χ0n) is 8.86. The van der Waals surface area contributed by atoms with E-state index in [1.165, 1.54) is 0 Å². The molecule has 0 aliphatic rings. The summed E-state index contributed by atoms with van der Waals surface area (Å²) in [6, 6.07) is 1.60. The summed E-state index contributed by atoms with van der Waals surface area (Å²) in [5.41, 5.74) is 0. The van der Waals surface area contributed by atoms with Crippen molar-refractivity contribution in [1.82, 2.24) is 4.90 Å². The summed E-state index contributed by atoms with van der Waals surface area (Å²) < 4.78 is 0. The fourth-order valence-corrected chi connectivity index (χ4v) is 1.46. The number of likely N-dealkylation sites (N-methyl/N-ethyl adjacent to an activating group) is 1. The maximum atomic E-state index is 10.9. The second-order valence-electron chi connectivity index (χ2n) is 3.18. The average molecular weight is 198 g/mol. The fraction of sp³-hybridized carbons (Fsp3) is 0.800. The van der Waals surface area contributed by atoms with Crippen molar-refractivity contribution in [2.24, 2.45) is 0 Å². The van der Waals surface area contributed by atoms with E-state index in [2.05, 4.69) is 0 Å². The molecule has 0 aliphatic carbocycles. The molecule has 80 valence electrons. The Bertz CT molecular complexity index is 211. The Kier molecular flexibility index (Phi) is 6.77. The van der Waals surface area contributed by atoms with E-state index in [9.17, 15) is 4.79 Å². The molecule has 0 radical (unpaired) electrons. The molecule has 4 nitrogen and oxygen atoms in total. The van der Waals surface area contributed by atoms with Gasteiger partial charge in [0, 0.05) is 13.0 Å². The predicted octanol–water partition coefficient (Wildman–Crippen LogP) is 1.48. The first kappa shape index (κ1) is 12.9. The van der Waals surface area contributed by atoms with Crippen LogP contribution in [0.15, 0.2) is 0 Å². The summed E-state index contributed by atoms with van der Waals surface area (Å²) in [4.78, 5) is 12.8. The van der Waals surface area contributed by atoms with Gasteiger partial charge < -0.3 is 5.11 Å². The third-order valence-corrected chi connectivity index (χ3v) is 2.20. The van der Waals surface area contributed by atoms with E-state index < -0.39 is 12.0 Å². The van der Waals surface area contributed by atoms with E-state index in [4.69, 9.17) is 10.4 Å². The lowest BCUT2D eigenvalue weighted by atomic mass is 10.1. The number of carboxylic acid groups (broad SMARTS) is 1. The number of carboxylic acids is 1. The molecule has 0 aromatic carbocycles. The second kappa shape index (κ2) is 7.34. The zero-order chi connectivity index (χ0) is 11.0. The summed E-state index contributed by atoms with van der Waals surface area (Å²) in [5, 5.41) is 17.4. The third-order valence-electron chi connectivity index (χ3n) is 2.20. The van der Waals surface area contributed by atoms with Crippen LogP contribution in [-0.2, 0) is 4.79 Å². The number of rotatable bonds is 7. The zero-order valence-corrected chi connectivity index (χ0v) is 8.86. The monoisotopic (exact) mass is 198 g/mol. The van der Waals surface area contributed by atoms with E-state index in [0.717, 1.165) is 6.42 Å². The molecule has 0 aromatic rings. The number of carbonyl (C=O) groups is 1. The van der Waals surface area contributed by atoms with Gasteiger partial charge in [-0.3, -0.25) is 9.69 Å². The van der Waals surface area contributed by atoms with Crippen molar-refractivity contribution in [3.63, 3.8) is 0 Å². The Balaban J connectivity index is 4.27. The molecule has 0 rings (SSSR count). The highest BCUT2D eigenvalue weighted by atomic mass is 16.4. The molecular weight excluding hydrogens is 180 g/mol. The van der Waals surface area contributed by atoms with Gasteiger partial charge in [0.2, 0.25) is 0 Å². The van der Waals surface area contributed by atoms with Gasteiger partial charge in [-0.05, 0) is 13.0 Å². The van der Waals surface area contributed by atoms with Crippen LogP contribution in [-0.4, -0.2) is 35.1 Å². The lowest BCUT2D eigenvalue weighted by Crippen LogP contribution is -2.41. The Morgan fingerprint density at radius 2 is 2.21 bits per heavy atom. The second-order valence-corrected chi connectivity index (χ2v) is 3.18. The Labute approximate surface area is 85.1 Å². The number of hydrogen-bond donors (Lipinski definition) is 1. The minimum Gasteiger partial charge on any atom is -0.480 e. The normalized spacial score (nSPS) is 12.4. The quantitative estimate of drug-likeness (QED) is 0.673. The van der Waals surface area contributed by atoms with Crippen LogP contribution >= 0.6 is 0 Å². The molecular formula is C10H18N2O2. The van der Waals surface area contributed by atoms with Gasteiger partial charge in [0.25, 0.3) is 0 Å². The van der Waals surface area contributed by atoms with Gasteiger partial charge in [-0.25, -0.2) is 0 Å². The SMILES string of the molecule is CCCC(C(=O)O)N(CC)CCC#N. The van der Waals surface area contributed by atoms with Gasteiger partial charge in [0.1, 0.15) is 6.04 Å². The van der Waals surface area contributed by atoms with E-state index in [1.54, 1.807) is 0 Å². The van der Waals surface area contributed by atoms with Crippen LogP contribution in [0.1, 0.15) is 33.1 Å². The van der Waals surface area contributed by atoms with Crippen LogP contribution < -0.4 is 0 Å². The lowest BCUT2D eigenvalue weighted by molar-refractivity contribution is -0.143. The molecule has 0 amide bonds. The molecule has 1 N–H and O–H groups in total. The van der Waals surface area contributed by atoms with Gasteiger partial charge in [0.15, 0.2) is 0 Å². The van der Waals surface area contributed by atoms with Gasteiger partial charge in [-0.1, -0.05) is 20.3 Å². The number of hydrogen-bond acceptors (Lipinski definition) is 3. The molecule has 4 heteroatoms. The maximum Gasteiger partial charge on any atom is 0.320 e. The summed E-state index contributed by atoms with van der Waals surface area (Å²) in [7, 11) is 0. The Morgan fingerprint density at radius 3 is 2.57 bits per heavy atom. The predicted molar refractivity (Wildman–Crippen MR) is 53.8 cm³/mol. The van der Waals surface area contributed by atoms with Crippen LogP contribution in [0.5, 0.6) is 0 Å². The number of aliphatic carboxylic acids is 1. The van der Waals surface area contributed by atoms with Crippen LogP contribution in [0.2, 0.25) is 0 Å². The molecule has 0 bridgehead atoms. The van der Waals surface area contributed by atoms with Gasteiger partial charge >= 0.3 is 5.97 Å². The first-order valence-electron chi connectivity index (χ1n) is 5.01. The first-order valence-corrected chi connectivity index (χ1v) is 5.01. The van der Waals surface area contributed by atoms with E-state index in [1.807, 2.05) is 24.8 Å². The van der Waals surface area contributed by atoms with Crippen molar-refractivity contribution in [2.75, 3.05) is 13.1 Å². The highest BCUT2D eigenvalue weighted by molar-refractivity contribution is 5.73. The van der Waals surface area contributed by atoms with Crippen molar-refractivity contribution < 1.29 is 9.90 Å². The smallest absolute Gasteiger partial charge is 0.320 e. The molecule has 0 aliphatic heterocycles. The van der Waals surface area contributed by atoms with E-state index >= 15 is 0 Å². The maximum absolute atomic E-state index is 10.9. The summed E-state index contributed by atoms with van der Waals surface area (Å²) in [5.74, 6) is -0.786. The Hall–Kier alpha value is -1.08. The summed E-state index contributed by atoms with van der Waals surface area (Å²) >= 11 is 0. The van der Waals surface area contributed by atoms with E-state index in [0.29, 0.717) is 25.9 Å². The summed E-state index contributed by atoms with van der Waals surface area (Å²) in [6.07, 6.45) is 1.88. The third kappa shape index (κ3) is 4.24. The molecule has 0 saturated carbocycles. The number of nitriles is 1. The highest BCUT2D eigenvalue weighted by Crippen LogP contribution is 2.07. The van der Waals surface area contributed by atoms with Gasteiger partial charge in [0.05, 0.1) is 6.07 Å². The van der Waals surface area contributed by atoms with Crippen molar-refractivity contribution in [1.29, 1.82) is 5.26 Å².